The molecule has 11 heteroatoms. The molecular weight excluding hydrogens is 326 g/mol. The van der Waals surface area contributed by atoms with E-state index in [9.17, 15) is 26.0 Å². The molecule has 0 atom stereocenters. The van der Waals surface area contributed by atoms with Crippen molar-refractivity contribution < 1.29 is 35.5 Å². The second-order valence-electron chi connectivity index (χ2n) is 3.21. The third-order valence-electron chi connectivity index (χ3n) is 1.86. The predicted octanol–water partition coefficient (Wildman–Crippen LogP) is 2.63. The van der Waals surface area contributed by atoms with E-state index in [0.717, 1.165) is 7.11 Å². The molecule has 0 saturated carbocycles. The number of halogens is 4. The van der Waals surface area contributed by atoms with E-state index in [1.165, 1.54) is 6.92 Å². The number of ether oxygens (including phenoxy) is 2. The summed E-state index contributed by atoms with van der Waals surface area (Å²) in [6, 6.07) is 0. The molecule has 1 heterocycles. The van der Waals surface area contributed by atoms with Crippen LogP contribution >= 0.6 is 11.3 Å². The molecule has 1 aromatic rings. The van der Waals surface area contributed by atoms with Crippen molar-refractivity contribution in [3.8, 4) is 0 Å². The van der Waals surface area contributed by atoms with E-state index in [1.54, 1.807) is 0 Å². The Balaban J connectivity index is 3.40. The van der Waals surface area contributed by atoms with E-state index in [2.05, 4.69) is 13.9 Å². The van der Waals surface area contributed by atoms with Gasteiger partial charge in [0.25, 0.3) is 10.0 Å². The van der Waals surface area contributed by atoms with Gasteiger partial charge in [0.2, 0.25) is 0 Å². The van der Waals surface area contributed by atoms with Crippen LogP contribution in [0.25, 0.3) is 0 Å². The third-order valence-corrected chi connectivity index (χ3v) is 4.29. The molecule has 0 radical (unpaired) electrons. The van der Waals surface area contributed by atoms with Crippen LogP contribution in [0.15, 0.2) is 14.7 Å². The number of alkyl halides is 3. The molecular formula is C9H9F4NO4S2. The van der Waals surface area contributed by atoms with Crippen molar-refractivity contribution in [2.75, 3.05) is 13.7 Å². The molecule has 0 bridgehead atoms. The van der Waals surface area contributed by atoms with Crippen LogP contribution in [0.2, 0.25) is 0 Å². The number of thiophene rings is 1. The molecule has 0 aliphatic rings. The summed E-state index contributed by atoms with van der Waals surface area (Å²) < 4.78 is 86.7. The van der Waals surface area contributed by atoms with Crippen LogP contribution in [0.5, 0.6) is 0 Å². The quantitative estimate of drug-likeness (QED) is 0.484. The molecule has 0 aliphatic carbocycles. The van der Waals surface area contributed by atoms with Crippen molar-refractivity contribution in [3.63, 3.8) is 0 Å². The van der Waals surface area contributed by atoms with Gasteiger partial charge in [0, 0.05) is 5.38 Å². The van der Waals surface area contributed by atoms with Gasteiger partial charge in [-0.15, -0.1) is 11.3 Å². The number of nitrogens with zero attached hydrogens (tertiary/aromatic N) is 1. The highest BCUT2D eigenvalue weighted by Crippen LogP contribution is 2.40. The van der Waals surface area contributed by atoms with Crippen LogP contribution in [-0.4, -0.2) is 28.2 Å². The van der Waals surface area contributed by atoms with E-state index in [1.807, 2.05) is 0 Å². The molecule has 0 unspecified atom stereocenters. The summed E-state index contributed by atoms with van der Waals surface area (Å²) in [5, 5.41) is 0.443. The van der Waals surface area contributed by atoms with E-state index in [-0.39, 0.29) is 17.9 Å². The van der Waals surface area contributed by atoms with Crippen LogP contribution < -0.4 is 0 Å². The Kier molecular flexibility index (Phi) is 4.97. The van der Waals surface area contributed by atoms with Crippen LogP contribution in [0.4, 0.5) is 17.6 Å². The molecule has 1 aromatic heterocycles. The summed E-state index contributed by atoms with van der Waals surface area (Å²) in [4.78, 5) is -3.13. The van der Waals surface area contributed by atoms with Gasteiger partial charge in [-0.2, -0.15) is 21.6 Å². The highest BCUT2D eigenvalue weighted by molar-refractivity contribution is 7.90. The number of methoxy groups -OCH3 is 1. The molecule has 0 aliphatic heterocycles. The smallest absolute Gasteiger partial charge is 0.427 e. The van der Waals surface area contributed by atoms with Crippen LogP contribution in [0.3, 0.4) is 0 Å². The summed E-state index contributed by atoms with van der Waals surface area (Å²) in [5.74, 6) is -1.53. The van der Waals surface area contributed by atoms with Gasteiger partial charge in [0.15, 0.2) is 5.82 Å². The zero-order valence-electron chi connectivity index (χ0n) is 10.2. The van der Waals surface area contributed by atoms with E-state index in [0.29, 0.717) is 5.38 Å². The van der Waals surface area contributed by atoms with Gasteiger partial charge < -0.3 is 9.47 Å². The van der Waals surface area contributed by atoms with Gasteiger partial charge in [-0.25, -0.2) is 4.39 Å². The normalized spacial score (nSPS) is 13.4. The fraction of sp³-hybridized carbons (Fsp3) is 0.444. The summed E-state index contributed by atoms with van der Waals surface area (Å²) in [6.07, 6.45) is -5.78. The first-order valence-corrected chi connectivity index (χ1v) is 7.31. The fourth-order valence-corrected chi connectivity index (χ4v) is 3.43. The second kappa shape index (κ2) is 5.95. The Morgan fingerprint density at radius 3 is 2.50 bits per heavy atom. The van der Waals surface area contributed by atoms with Gasteiger partial charge in [0.05, 0.1) is 13.7 Å². The van der Waals surface area contributed by atoms with Gasteiger partial charge in [-0.1, -0.05) is 4.40 Å². The average molecular weight is 335 g/mol. The van der Waals surface area contributed by atoms with E-state index in [4.69, 9.17) is 0 Å². The van der Waals surface area contributed by atoms with E-state index >= 15 is 0 Å². The number of hydrogen-bond acceptors (Lipinski definition) is 5. The lowest BCUT2D eigenvalue weighted by Gasteiger charge is -2.07. The summed E-state index contributed by atoms with van der Waals surface area (Å²) in [5.41, 5.74) is 0. The SMILES string of the molecule is CCOC(=NS(=O)(=O)c1c(F)csc1C(F)(F)F)OC. The predicted molar refractivity (Wildman–Crippen MR) is 62.5 cm³/mol. The minimum Gasteiger partial charge on any atom is -0.453 e. The molecule has 0 amide bonds. The van der Waals surface area contributed by atoms with Gasteiger partial charge in [-0.05, 0) is 6.92 Å². The largest absolute Gasteiger partial charge is 0.453 e. The van der Waals surface area contributed by atoms with E-state index < -0.39 is 37.9 Å². The summed E-state index contributed by atoms with van der Waals surface area (Å²) in [6.45, 7) is 1.45. The minimum absolute atomic E-state index is 0.0273. The van der Waals surface area contributed by atoms with Gasteiger partial charge in [-0.3, -0.25) is 0 Å². The molecule has 5 nitrogen and oxygen atoms in total. The monoisotopic (exact) mass is 335 g/mol. The molecule has 0 saturated heterocycles. The number of rotatable bonds is 3. The first-order chi connectivity index (χ1) is 9.13. The maximum absolute atomic E-state index is 13.4. The zero-order chi connectivity index (χ0) is 15.6. The highest BCUT2D eigenvalue weighted by Gasteiger charge is 2.41. The Bertz CT molecular complexity index is 606. The van der Waals surface area contributed by atoms with Crippen molar-refractivity contribution in [2.24, 2.45) is 4.40 Å². The lowest BCUT2D eigenvalue weighted by molar-refractivity contribution is -0.136. The summed E-state index contributed by atoms with van der Waals surface area (Å²) >= 11 is -0.0720. The molecule has 0 spiro atoms. The lowest BCUT2D eigenvalue weighted by atomic mass is 10.4. The maximum atomic E-state index is 13.4. The Labute approximate surface area is 115 Å². The standard InChI is InChI=1S/C9H9F4NO4S2/c1-3-18-8(17-2)14-20(15,16)6-5(10)4-19-7(6)9(11,12)13/h4H,3H2,1-2H3. The maximum Gasteiger partial charge on any atom is 0.427 e. The number of hydrogen-bond donors (Lipinski definition) is 0. The minimum atomic E-state index is -5.01. The van der Waals surface area contributed by atoms with Crippen LogP contribution in [0.1, 0.15) is 11.8 Å². The molecule has 20 heavy (non-hydrogen) atoms. The van der Waals surface area contributed by atoms with Crippen molar-refractivity contribution >= 4 is 27.4 Å². The molecule has 0 N–H and O–H groups in total. The number of sulfonamides is 1. The van der Waals surface area contributed by atoms with Crippen molar-refractivity contribution in [1.82, 2.24) is 0 Å². The van der Waals surface area contributed by atoms with Gasteiger partial charge >= 0.3 is 12.3 Å². The first-order valence-electron chi connectivity index (χ1n) is 4.99. The van der Waals surface area contributed by atoms with Crippen LogP contribution in [0, 0.1) is 5.82 Å². The topological polar surface area (TPSA) is 65.0 Å². The Morgan fingerprint density at radius 2 is 2.05 bits per heavy atom. The van der Waals surface area contributed by atoms with Crippen molar-refractivity contribution in [3.05, 3.63) is 16.1 Å². The lowest BCUT2D eigenvalue weighted by Crippen LogP contribution is -2.14. The van der Waals surface area contributed by atoms with Crippen molar-refractivity contribution in [1.29, 1.82) is 0 Å². The summed E-state index contributed by atoms with van der Waals surface area (Å²) in [7, 11) is -3.93. The van der Waals surface area contributed by atoms with Crippen molar-refractivity contribution in [2.45, 2.75) is 18.0 Å². The average Bonchev–Trinajstić information content (AvgIpc) is 2.70. The van der Waals surface area contributed by atoms with Crippen LogP contribution in [-0.2, 0) is 25.7 Å². The molecule has 0 aromatic carbocycles. The molecule has 0 fully saturated rings. The first kappa shape index (κ1) is 16.7. The fourth-order valence-electron chi connectivity index (χ4n) is 1.15. The highest BCUT2D eigenvalue weighted by atomic mass is 32.2. The second-order valence-corrected chi connectivity index (χ2v) is 5.63. The zero-order valence-corrected chi connectivity index (χ0v) is 11.8. The Morgan fingerprint density at radius 1 is 1.45 bits per heavy atom. The van der Waals surface area contributed by atoms with Gasteiger partial charge in [0.1, 0.15) is 9.77 Å². The Hall–Kier alpha value is -1.36. The molecule has 114 valence electrons. The molecule has 1 rings (SSSR count). The third kappa shape index (κ3) is 3.60.